The monoisotopic (exact) mass is 91.1 g/mol. The predicted octanol–water partition coefficient (Wildman–Crippen LogP) is 0.564. The molecule has 0 aliphatic carbocycles. The van der Waals surface area contributed by atoms with Crippen molar-refractivity contribution >= 4 is 0 Å². The molecule has 1 nitrogen and oxygen atoms in total. The van der Waals surface area contributed by atoms with Gasteiger partial charge in [-0.15, -0.1) is 0 Å². The van der Waals surface area contributed by atoms with Crippen LogP contribution in [0.4, 0.5) is 4.39 Å². The summed E-state index contributed by atoms with van der Waals surface area (Å²) in [6.45, 7) is 1.43. The van der Waals surface area contributed by atoms with Gasteiger partial charge in [-0.25, -0.2) is 4.39 Å². The molecule has 1 aliphatic rings. The molecule has 6 heavy (non-hydrogen) atoms. The Morgan fingerprint density at radius 3 is 2.83 bits per heavy atom. The molecule has 1 N–H and O–H groups in total. The first-order valence-corrected chi connectivity index (χ1v) is 2.24. The summed E-state index contributed by atoms with van der Waals surface area (Å²) in [5.74, 6) is 0. The van der Waals surface area contributed by atoms with E-state index in [4.69, 9.17) is 0 Å². The molecule has 0 radical (unpaired) electrons. The van der Waals surface area contributed by atoms with E-state index in [9.17, 15) is 4.39 Å². The van der Waals surface area contributed by atoms with E-state index in [2.05, 4.69) is 5.32 Å². The molecule has 1 aliphatic heterocycles. The van der Waals surface area contributed by atoms with Crippen LogP contribution in [0.5, 0.6) is 0 Å². The lowest BCUT2D eigenvalue weighted by atomic mass is 10.4. The van der Waals surface area contributed by atoms with Gasteiger partial charge in [-0.3, -0.25) is 0 Å². The number of halogens is 1. The first kappa shape index (κ1) is 4.06. The van der Waals surface area contributed by atoms with Gasteiger partial charge >= 0.3 is 0 Å². The molecule has 2 heteroatoms. The Bertz CT molecular complexity index is 45.0. The summed E-state index contributed by atoms with van der Waals surface area (Å²) in [4.78, 5) is 0. The molecule has 0 unspecified atom stereocenters. The summed E-state index contributed by atoms with van der Waals surface area (Å²) in [5, 5.41) is 2.90. The summed E-state index contributed by atoms with van der Waals surface area (Å²) >= 11 is 0. The summed E-state index contributed by atoms with van der Waals surface area (Å²) < 4.78 is 11.9. The average molecular weight is 91.1 g/mol. The fraction of sp³-hybridized carbons (Fsp3) is 1.00. The van der Waals surface area contributed by atoms with E-state index >= 15 is 0 Å². The van der Waals surface area contributed by atoms with Crippen LogP contribution in [-0.2, 0) is 0 Å². The maximum absolute atomic E-state index is 11.9. The maximum atomic E-state index is 11.9. The molecule has 0 aromatic carbocycles. The highest BCUT2D eigenvalue weighted by Gasteiger charge is 2.10. The summed E-state index contributed by atoms with van der Waals surface area (Å²) in [7, 11) is 0. The minimum atomic E-state index is -0.565. The van der Waals surface area contributed by atoms with E-state index in [0.29, 0.717) is 13.0 Å². The SMILES string of the molecule is F[C@@H]1CCNC1.[HH]. The Labute approximate surface area is 38.0 Å². The molecular formula is C4H10FN. The highest BCUT2D eigenvalue weighted by Crippen LogP contribution is 1.99. The van der Waals surface area contributed by atoms with Crippen LogP contribution in [0.2, 0.25) is 0 Å². The largest absolute Gasteiger partial charge is 0.314 e. The Hall–Kier alpha value is -0.110. The van der Waals surface area contributed by atoms with Gasteiger partial charge in [0.25, 0.3) is 0 Å². The van der Waals surface area contributed by atoms with Gasteiger partial charge in [0, 0.05) is 7.97 Å². The van der Waals surface area contributed by atoms with Crippen molar-refractivity contribution in [2.45, 2.75) is 12.6 Å². The number of nitrogens with one attached hydrogen (secondary N) is 1. The van der Waals surface area contributed by atoms with E-state index in [-0.39, 0.29) is 1.43 Å². The van der Waals surface area contributed by atoms with Gasteiger partial charge in [0.2, 0.25) is 0 Å². The third-order valence-corrected chi connectivity index (χ3v) is 1.00. The normalized spacial score (nSPS) is 34.5. The lowest BCUT2D eigenvalue weighted by molar-refractivity contribution is 0.361. The fourth-order valence-corrected chi connectivity index (χ4v) is 0.619. The zero-order valence-electron chi connectivity index (χ0n) is 3.58. The minimum Gasteiger partial charge on any atom is -0.314 e. The topological polar surface area (TPSA) is 12.0 Å². The number of alkyl halides is 1. The third kappa shape index (κ3) is 0.684. The van der Waals surface area contributed by atoms with Gasteiger partial charge < -0.3 is 5.32 Å². The van der Waals surface area contributed by atoms with Gasteiger partial charge in [-0.2, -0.15) is 0 Å². The molecule has 1 saturated heterocycles. The van der Waals surface area contributed by atoms with E-state index in [0.717, 1.165) is 6.54 Å². The van der Waals surface area contributed by atoms with Gasteiger partial charge in [0.15, 0.2) is 0 Å². The van der Waals surface area contributed by atoms with Crippen LogP contribution in [0, 0.1) is 0 Å². The van der Waals surface area contributed by atoms with Crippen LogP contribution in [0.1, 0.15) is 7.85 Å². The fourth-order valence-electron chi connectivity index (χ4n) is 0.619. The molecule has 1 rings (SSSR count). The minimum absolute atomic E-state index is 0. The van der Waals surface area contributed by atoms with Crippen molar-refractivity contribution in [3.63, 3.8) is 0 Å². The zero-order valence-corrected chi connectivity index (χ0v) is 3.58. The van der Waals surface area contributed by atoms with Crippen molar-refractivity contribution < 1.29 is 5.82 Å². The highest BCUT2D eigenvalue weighted by atomic mass is 19.1. The summed E-state index contributed by atoms with van der Waals surface area (Å²) in [6.07, 6.45) is 0.144. The van der Waals surface area contributed by atoms with E-state index in [1.807, 2.05) is 0 Å². The summed E-state index contributed by atoms with van der Waals surface area (Å²) in [6, 6.07) is 0. The molecule has 0 aromatic rings. The third-order valence-electron chi connectivity index (χ3n) is 1.00. The van der Waals surface area contributed by atoms with Crippen LogP contribution in [0.25, 0.3) is 0 Å². The van der Waals surface area contributed by atoms with Crippen molar-refractivity contribution in [1.29, 1.82) is 0 Å². The predicted molar refractivity (Wildman–Crippen MR) is 24.5 cm³/mol. The molecule has 0 amide bonds. The second kappa shape index (κ2) is 1.56. The van der Waals surface area contributed by atoms with Crippen molar-refractivity contribution in [1.82, 2.24) is 5.32 Å². The van der Waals surface area contributed by atoms with Crippen molar-refractivity contribution in [2.75, 3.05) is 13.1 Å². The first-order valence-electron chi connectivity index (χ1n) is 2.24. The van der Waals surface area contributed by atoms with E-state index < -0.39 is 6.17 Å². The van der Waals surface area contributed by atoms with Crippen LogP contribution in [0.3, 0.4) is 0 Å². The Kier molecular flexibility index (Phi) is 1.05. The zero-order chi connectivity index (χ0) is 4.41. The molecule has 1 heterocycles. The molecule has 38 valence electrons. The first-order chi connectivity index (χ1) is 2.89. The quantitative estimate of drug-likeness (QED) is 0.459. The van der Waals surface area contributed by atoms with Gasteiger partial charge in [-0.1, -0.05) is 0 Å². The molecular weight excluding hydrogens is 81.0 g/mol. The highest BCUT2D eigenvalue weighted by molar-refractivity contribution is 4.68. The lowest BCUT2D eigenvalue weighted by Gasteiger charge is -1.86. The van der Waals surface area contributed by atoms with Gasteiger partial charge in [0.05, 0.1) is 0 Å². The standard InChI is InChI=1S/C4H8FN.H2/c5-4-1-2-6-3-4;/h4,6H,1-3H2;1H/t4-;/m1./s1. The average Bonchev–Trinajstić information content (AvgIpc) is 1.86. The van der Waals surface area contributed by atoms with Crippen LogP contribution >= 0.6 is 0 Å². The number of hydrogen-bond acceptors (Lipinski definition) is 1. The van der Waals surface area contributed by atoms with E-state index in [1.54, 1.807) is 0 Å². The Morgan fingerprint density at radius 1 is 1.83 bits per heavy atom. The second-order valence-corrected chi connectivity index (χ2v) is 1.59. The van der Waals surface area contributed by atoms with Crippen molar-refractivity contribution in [3.8, 4) is 0 Å². The van der Waals surface area contributed by atoms with Gasteiger partial charge in [0.1, 0.15) is 6.17 Å². The number of hydrogen-bond donors (Lipinski definition) is 1. The smallest absolute Gasteiger partial charge is 0.114 e. The maximum Gasteiger partial charge on any atom is 0.114 e. The van der Waals surface area contributed by atoms with Crippen molar-refractivity contribution in [3.05, 3.63) is 0 Å². The Balaban J connectivity index is 0.000000360. The molecule has 0 spiro atoms. The second-order valence-electron chi connectivity index (χ2n) is 1.59. The van der Waals surface area contributed by atoms with Crippen LogP contribution in [-0.4, -0.2) is 19.3 Å². The van der Waals surface area contributed by atoms with Crippen LogP contribution in [0.15, 0.2) is 0 Å². The molecule has 1 atom stereocenters. The number of rotatable bonds is 0. The Morgan fingerprint density at radius 2 is 2.67 bits per heavy atom. The molecule has 0 saturated carbocycles. The lowest BCUT2D eigenvalue weighted by Crippen LogP contribution is -2.08. The van der Waals surface area contributed by atoms with Crippen molar-refractivity contribution in [2.24, 2.45) is 0 Å². The van der Waals surface area contributed by atoms with Gasteiger partial charge in [-0.05, 0) is 13.0 Å². The molecule has 0 aromatic heterocycles. The van der Waals surface area contributed by atoms with Crippen LogP contribution < -0.4 is 5.32 Å². The molecule has 0 bridgehead atoms. The van der Waals surface area contributed by atoms with E-state index in [1.165, 1.54) is 0 Å². The summed E-state index contributed by atoms with van der Waals surface area (Å²) in [5.41, 5.74) is 0. The molecule has 1 fully saturated rings.